The van der Waals surface area contributed by atoms with Crippen molar-refractivity contribution in [2.75, 3.05) is 24.6 Å². The summed E-state index contributed by atoms with van der Waals surface area (Å²) in [6, 6.07) is 11.6. The lowest BCUT2D eigenvalue weighted by Crippen LogP contribution is -2.53. The molecule has 4 aromatic rings. The van der Waals surface area contributed by atoms with Gasteiger partial charge in [-0.3, -0.25) is 4.79 Å². The summed E-state index contributed by atoms with van der Waals surface area (Å²) in [4.78, 5) is 24.4. The summed E-state index contributed by atoms with van der Waals surface area (Å²) in [6.45, 7) is 13.6. The monoisotopic (exact) mass is 621 g/mol. The summed E-state index contributed by atoms with van der Waals surface area (Å²) in [5.41, 5.74) is 5.83. The number of aromatic nitrogens is 4. The van der Waals surface area contributed by atoms with E-state index in [-0.39, 0.29) is 18.1 Å². The van der Waals surface area contributed by atoms with Crippen LogP contribution >= 0.6 is 0 Å². The van der Waals surface area contributed by atoms with E-state index in [0.29, 0.717) is 28.1 Å². The van der Waals surface area contributed by atoms with E-state index in [2.05, 4.69) is 64.4 Å². The number of carbonyl (C=O) groups excluding carboxylic acids is 1. The van der Waals surface area contributed by atoms with Crippen LogP contribution in [-0.2, 0) is 0 Å². The van der Waals surface area contributed by atoms with Gasteiger partial charge in [0.1, 0.15) is 38.0 Å². The number of piperidine rings is 1. The SMILES string of the molecule is CC(C)(O)COc1cc(-c2ccc(N3CCC(C)(NC(=O)c4ccc(C#C[Si](C)(C)C)nc4)CC3)nc2)c2c(C#N)cnn2c1. The first-order valence-corrected chi connectivity index (χ1v) is 18.5. The van der Waals surface area contributed by atoms with E-state index >= 15 is 0 Å². The van der Waals surface area contributed by atoms with Crippen LogP contribution in [-0.4, -0.2) is 69.5 Å². The second-order valence-corrected chi connectivity index (χ2v) is 18.2. The summed E-state index contributed by atoms with van der Waals surface area (Å²) in [7, 11) is -1.50. The number of rotatable bonds is 7. The van der Waals surface area contributed by atoms with Gasteiger partial charge in [0.25, 0.3) is 5.91 Å². The number of anilines is 1. The molecular weight excluding hydrogens is 583 g/mol. The third kappa shape index (κ3) is 7.87. The molecule has 0 unspecified atom stereocenters. The number of hydrogen-bond donors (Lipinski definition) is 2. The molecule has 0 saturated carbocycles. The van der Waals surface area contributed by atoms with Crippen molar-refractivity contribution < 1.29 is 14.6 Å². The highest BCUT2D eigenvalue weighted by atomic mass is 28.3. The van der Waals surface area contributed by atoms with Crippen LogP contribution in [0, 0.1) is 22.8 Å². The fourth-order valence-corrected chi connectivity index (χ4v) is 5.53. The average molecular weight is 622 g/mol. The molecule has 0 spiro atoms. The molecule has 0 radical (unpaired) electrons. The van der Waals surface area contributed by atoms with Gasteiger partial charge in [0.15, 0.2) is 0 Å². The highest BCUT2D eigenvalue weighted by Gasteiger charge is 2.32. The maximum Gasteiger partial charge on any atom is 0.253 e. The zero-order chi connectivity index (χ0) is 32.4. The van der Waals surface area contributed by atoms with Gasteiger partial charge < -0.3 is 20.1 Å². The maximum absolute atomic E-state index is 13.0. The number of nitrogens with one attached hydrogen (secondary N) is 1. The topological polar surface area (TPSA) is 129 Å². The largest absolute Gasteiger partial charge is 0.489 e. The van der Waals surface area contributed by atoms with Gasteiger partial charge in [0, 0.05) is 42.1 Å². The van der Waals surface area contributed by atoms with Crippen molar-refractivity contribution in [3.05, 3.63) is 71.9 Å². The normalized spacial score (nSPS) is 14.8. The second-order valence-electron chi connectivity index (χ2n) is 13.5. The number of carbonyl (C=O) groups is 1. The first-order chi connectivity index (χ1) is 21.2. The molecule has 5 rings (SSSR count). The van der Waals surface area contributed by atoms with Gasteiger partial charge in [-0.2, -0.15) is 10.4 Å². The molecule has 45 heavy (non-hydrogen) atoms. The molecule has 0 bridgehead atoms. The van der Waals surface area contributed by atoms with Gasteiger partial charge >= 0.3 is 0 Å². The summed E-state index contributed by atoms with van der Waals surface area (Å²) >= 11 is 0. The molecule has 1 amide bonds. The standard InChI is InChI=1S/C34H39N7O3Si/c1-33(2,43)23-44-28-17-29(31-26(18-35)21-38-41(31)22-28)24-8-10-30(37-19-24)40-14-12-34(3,13-15-40)39-32(42)25-7-9-27(36-20-25)11-16-45(4,5)6/h7-10,17,19-22,43H,12-15,23H2,1-6H3,(H,39,42). The van der Waals surface area contributed by atoms with E-state index in [1.807, 2.05) is 18.2 Å². The second kappa shape index (κ2) is 12.4. The molecule has 0 aromatic carbocycles. The number of aliphatic hydroxyl groups is 1. The van der Waals surface area contributed by atoms with Crippen molar-refractivity contribution in [3.8, 4) is 34.4 Å². The molecule has 0 atom stereocenters. The highest BCUT2D eigenvalue weighted by molar-refractivity contribution is 6.83. The molecule has 2 N–H and O–H groups in total. The van der Waals surface area contributed by atoms with Crippen LogP contribution in [0.1, 0.15) is 55.2 Å². The van der Waals surface area contributed by atoms with E-state index < -0.39 is 13.7 Å². The highest BCUT2D eigenvalue weighted by Crippen LogP contribution is 2.32. The number of ether oxygens (including phenoxy) is 1. The Hall–Kier alpha value is -4.71. The molecule has 10 nitrogen and oxygen atoms in total. The lowest BCUT2D eigenvalue weighted by Gasteiger charge is -2.40. The number of nitrogens with zero attached hydrogens (tertiary/aromatic N) is 6. The third-order valence-corrected chi connectivity index (χ3v) is 8.43. The Morgan fingerprint density at radius 2 is 1.89 bits per heavy atom. The van der Waals surface area contributed by atoms with Crippen molar-refractivity contribution in [2.45, 2.75) is 64.4 Å². The van der Waals surface area contributed by atoms with E-state index in [1.54, 1.807) is 49.1 Å². The van der Waals surface area contributed by atoms with E-state index in [9.17, 15) is 15.2 Å². The van der Waals surface area contributed by atoms with Crippen LogP contribution in [0.3, 0.4) is 0 Å². The molecule has 1 aliphatic rings. The van der Waals surface area contributed by atoms with E-state index in [4.69, 9.17) is 9.72 Å². The quantitative estimate of drug-likeness (QED) is 0.222. The lowest BCUT2D eigenvalue weighted by molar-refractivity contribution is 0.0283. The summed E-state index contributed by atoms with van der Waals surface area (Å²) in [5.74, 6) is 4.35. The molecule has 1 saturated heterocycles. The van der Waals surface area contributed by atoms with Crippen LogP contribution in [0.15, 0.2) is 55.1 Å². The van der Waals surface area contributed by atoms with Gasteiger partial charge in [-0.25, -0.2) is 14.5 Å². The van der Waals surface area contributed by atoms with Gasteiger partial charge in [-0.15, -0.1) is 5.54 Å². The van der Waals surface area contributed by atoms with Crippen molar-refractivity contribution in [2.24, 2.45) is 0 Å². The summed E-state index contributed by atoms with van der Waals surface area (Å²) in [6.07, 6.45) is 8.14. The Morgan fingerprint density at radius 3 is 2.49 bits per heavy atom. The van der Waals surface area contributed by atoms with E-state index in [1.165, 1.54) is 6.20 Å². The van der Waals surface area contributed by atoms with Gasteiger partial charge in [-0.1, -0.05) is 25.6 Å². The summed E-state index contributed by atoms with van der Waals surface area (Å²) < 4.78 is 7.46. The van der Waals surface area contributed by atoms with Crippen molar-refractivity contribution in [3.63, 3.8) is 0 Å². The molecule has 1 fully saturated rings. The van der Waals surface area contributed by atoms with Crippen molar-refractivity contribution in [1.29, 1.82) is 5.26 Å². The van der Waals surface area contributed by atoms with Crippen LogP contribution in [0.4, 0.5) is 5.82 Å². The predicted molar refractivity (Wildman–Crippen MR) is 177 cm³/mol. The first-order valence-electron chi connectivity index (χ1n) is 15.0. The number of hydrogen-bond acceptors (Lipinski definition) is 8. The minimum Gasteiger partial charge on any atom is -0.489 e. The third-order valence-electron chi connectivity index (χ3n) is 7.56. The predicted octanol–water partition coefficient (Wildman–Crippen LogP) is 4.83. The lowest BCUT2D eigenvalue weighted by atomic mass is 9.89. The fourth-order valence-electron chi connectivity index (χ4n) is 5.02. The van der Waals surface area contributed by atoms with Crippen LogP contribution < -0.4 is 15.0 Å². The molecule has 232 valence electrons. The number of pyridine rings is 3. The molecule has 1 aliphatic heterocycles. The molecule has 11 heteroatoms. The Balaban J connectivity index is 1.25. The van der Waals surface area contributed by atoms with Crippen molar-refractivity contribution in [1.82, 2.24) is 24.9 Å². The first kappa shape index (κ1) is 31.7. The van der Waals surface area contributed by atoms with Crippen LogP contribution in [0.5, 0.6) is 5.75 Å². The Kier molecular flexibility index (Phi) is 8.70. The molecule has 5 heterocycles. The van der Waals surface area contributed by atoms with Crippen LogP contribution in [0.2, 0.25) is 19.6 Å². The zero-order valence-electron chi connectivity index (χ0n) is 26.7. The maximum atomic E-state index is 13.0. The van der Waals surface area contributed by atoms with Gasteiger partial charge in [0.2, 0.25) is 0 Å². The van der Waals surface area contributed by atoms with Crippen molar-refractivity contribution >= 4 is 25.3 Å². The zero-order valence-corrected chi connectivity index (χ0v) is 27.7. The van der Waals surface area contributed by atoms with Gasteiger partial charge in [-0.05, 0) is 63.9 Å². The smallest absolute Gasteiger partial charge is 0.253 e. The Bertz CT molecular complexity index is 1790. The number of nitriles is 1. The number of amides is 1. The molecular formula is C34H39N7O3Si. The van der Waals surface area contributed by atoms with Gasteiger partial charge in [0.05, 0.1) is 34.6 Å². The Labute approximate surface area is 265 Å². The van der Waals surface area contributed by atoms with E-state index in [0.717, 1.165) is 42.9 Å². The number of fused-ring (bicyclic) bond motifs is 1. The fraction of sp³-hybridized carbons (Fsp3) is 0.382. The summed E-state index contributed by atoms with van der Waals surface area (Å²) in [5, 5.41) is 27.4. The Morgan fingerprint density at radius 1 is 1.13 bits per heavy atom. The average Bonchev–Trinajstić information content (AvgIpc) is 3.42. The molecule has 0 aliphatic carbocycles. The molecule has 4 aromatic heterocycles. The minimum atomic E-state index is -1.50. The van der Waals surface area contributed by atoms with Crippen LogP contribution in [0.25, 0.3) is 16.6 Å². The minimum absolute atomic E-state index is 0.104.